The zero-order chi connectivity index (χ0) is 17.2. The first-order valence-electron chi connectivity index (χ1n) is 7.11. The summed E-state index contributed by atoms with van der Waals surface area (Å²) in [5, 5.41) is 3.61. The molecule has 2 N–H and O–H groups in total. The number of hydrogen-bond donors (Lipinski definition) is 2. The number of para-hydroxylation sites is 1. The van der Waals surface area contributed by atoms with Gasteiger partial charge in [0.15, 0.2) is 0 Å². The lowest BCUT2D eigenvalue weighted by Gasteiger charge is -2.10. The predicted octanol–water partition coefficient (Wildman–Crippen LogP) is 4.25. The summed E-state index contributed by atoms with van der Waals surface area (Å²) in [4.78, 5) is 15.2. The molecule has 3 rings (SSSR count). The molecule has 2 aromatic carbocycles. The number of hydrogen-bond acceptors (Lipinski definition) is 2. The van der Waals surface area contributed by atoms with E-state index in [2.05, 4.69) is 15.0 Å². The number of halogens is 3. The van der Waals surface area contributed by atoms with E-state index in [0.29, 0.717) is 5.69 Å². The summed E-state index contributed by atoms with van der Waals surface area (Å²) in [6, 6.07) is 12.6. The van der Waals surface area contributed by atoms with Crippen molar-refractivity contribution in [2.45, 2.75) is 12.8 Å². The van der Waals surface area contributed by atoms with Crippen molar-refractivity contribution in [1.29, 1.82) is 0 Å². The van der Waals surface area contributed by atoms with Crippen LogP contribution in [0, 0.1) is 0 Å². The van der Waals surface area contributed by atoms with Crippen LogP contribution in [0.3, 0.4) is 0 Å². The Hall–Kier alpha value is -2.96. The summed E-state index contributed by atoms with van der Waals surface area (Å²) in [7, 11) is 0. The Morgan fingerprint density at radius 3 is 2.50 bits per heavy atom. The maximum Gasteiger partial charge on any atom is 0.573 e. The van der Waals surface area contributed by atoms with Crippen LogP contribution in [0.1, 0.15) is 5.56 Å². The highest BCUT2D eigenvalue weighted by molar-refractivity contribution is 5.95. The van der Waals surface area contributed by atoms with Gasteiger partial charge in [-0.05, 0) is 35.9 Å². The van der Waals surface area contributed by atoms with E-state index in [1.165, 1.54) is 12.1 Å². The minimum absolute atomic E-state index is 0.158. The molecular formula is C17H13F3N2O2. The minimum atomic E-state index is -4.74. The van der Waals surface area contributed by atoms with Crippen LogP contribution in [-0.2, 0) is 11.2 Å². The van der Waals surface area contributed by atoms with Gasteiger partial charge >= 0.3 is 6.36 Å². The molecule has 0 saturated carbocycles. The number of alkyl halides is 3. The van der Waals surface area contributed by atoms with Crippen LogP contribution in [0.4, 0.5) is 18.9 Å². The van der Waals surface area contributed by atoms with E-state index in [1.807, 2.05) is 24.3 Å². The van der Waals surface area contributed by atoms with Crippen molar-refractivity contribution < 1.29 is 22.7 Å². The average Bonchev–Trinajstić information content (AvgIpc) is 2.91. The predicted molar refractivity (Wildman–Crippen MR) is 83.8 cm³/mol. The van der Waals surface area contributed by atoms with Gasteiger partial charge in [-0.2, -0.15) is 0 Å². The Morgan fingerprint density at radius 2 is 1.79 bits per heavy atom. The summed E-state index contributed by atoms with van der Waals surface area (Å²) < 4.78 is 40.1. The van der Waals surface area contributed by atoms with Crippen LogP contribution in [-0.4, -0.2) is 17.3 Å². The lowest BCUT2D eigenvalue weighted by Crippen LogP contribution is -2.17. The Kier molecular flexibility index (Phi) is 4.16. The molecule has 0 aliphatic rings. The number of carbonyl (C=O) groups is 1. The summed E-state index contributed by atoms with van der Waals surface area (Å²) in [6.45, 7) is 0. The number of aromatic amines is 1. The van der Waals surface area contributed by atoms with Crippen LogP contribution in [0.15, 0.2) is 54.7 Å². The fourth-order valence-corrected chi connectivity index (χ4v) is 2.40. The van der Waals surface area contributed by atoms with Gasteiger partial charge in [0.05, 0.1) is 6.42 Å². The molecule has 0 bridgehead atoms. The normalized spacial score (nSPS) is 11.5. The molecule has 0 spiro atoms. The van der Waals surface area contributed by atoms with Gasteiger partial charge in [0.25, 0.3) is 0 Å². The number of benzene rings is 2. The fraction of sp³-hybridized carbons (Fsp3) is 0.118. The van der Waals surface area contributed by atoms with E-state index in [0.717, 1.165) is 28.6 Å². The SMILES string of the molecule is O=C(Cc1c[nH]c2ccccc12)Nc1ccc(OC(F)(F)F)cc1. The smallest absolute Gasteiger partial charge is 0.406 e. The van der Waals surface area contributed by atoms with Crippen LogP contribution in [0.25, 0.3) is 10.9 Å². The van der Waals surface area contributed by atoms with Crippen molar-refractivity contribution in [2.75, 3.05) is 5.32 Å². The van der Waals surface area contributed by atoms with E-state index < -0.39 is 6.36 Å². The first kappa shape index (κ1) is 15.9. The molecule has 124 valence electrons. The molecule has 24 heavy (non-hydrogen) atoms. The maximum atomic E-state index is 12.1. The molecule has 4 nitrogen and oxygen atoms in total. The standard InChI is InChI=1S/C17H13F3N2O2/c18-17(19,20)24-13-7-5-12(6-8-13)22-16(23)9-11-10-21-15-4-2-1-3-14(11)15/h1-8,10,21H,9H2,(H,22,23). The second-order valence-electron chi connectivity index (χ2n) is 5.16. The number of ether oxygens (including phenoxy) is 1. The molecule has 0 unspecified atom stereocenters. The van der Waals surface area contributed by atoms with E-state index in [-0.39, 0.29) is 18.1 Å². The average molecular weight is 334 g/mol. The summed E-state index contributed by atoms with van der Waals surface area (Å²) in [6.07, 6.45) is -2.81. The quantitative estimate of drug-likeness (QED) is 0.749. The van der Waals surface area contributed by atoms with E-state index in [4.69, 9.17) is 0 Å². The van der Waals surface area contributed by atoms with Gasteiger partial charge < -0.3 is 15.0 Å². The molecule has 1 aromatic heterocycles. The number of amides is 1. The van der Waals surface area contributed by atoms with Crippen LogP contribution in [0.2, 0.25) is 0 Å². The Labute approximate surface area is 135 Å². The molecule has 0 saturated heterocycles. The summed E-state index contributed by atoms with van der Waals surface area (Å²) >= 11 is 0. The van der Waals surface area contributed by atoms with Crippen molar-refractivity contribution in [3.63, 3.8) is 0 Å². The van der Waals surface area contributed by atoms with E-state index in [1.54, 1.807) is 6.20 Å². The molecule has 0 aliphatic heterocycles. The third-order valence-corrected chi connectivity index (χ3v) is 3.40. The highest BCUT2D eigenvalue weighted by Crippen LogP contribution is 2.24. The third kappa shape index (κ3) is 3.87. The third-order valence-electron chi connectivity index (χ3n) is 3.40. The number of fused-ring (bicyclic) bond motifs is 1. The monoisotopic (exact) mass is 334 g/mol. The lowest BCUT2D eigenvalue weighted by atomic mass is 10.1. The molecule has 3 aromatic rings. The van der Waals surface area contributed by atoms with Gasteiger partial charge in [0.1, 0.15) is 5.75 Å². The van der Waals surface area contributed by atoms with Crippen molar-refractivity contribution in [2.24, 2.45) is 0 Å². The van der Waals surface area contributed by atoms with Gasteiger partial charge in [-0.15, -0.1) is 13.2 Å². The summed E-state index contributed by atoms with van der Waals surface area (Å²) in [5.74, 6) is -0.596. The molecule has 1 amide bonds. The molecule has 0 radical (unpaired) electrons. The molecule has 1 heterocycles. The van der Waals surface area contributed by atoms with Gasteiger partial charge in [0, 0.05) is 22.8 Å². The second kappa shape index (κ2) is 6.27. The lowest BCUT2D eigenvalue weighted by molar-refractivity contribution is -0.274. The number of H-pyrrole nitrogens is 1. The fourth-order valence-electron chi connectivity index (χ4n) is 2.40. The molecule has 0 fully saturated rings. The van der Waals surface area contributed by atoms with Crippen molar-refractivity contribution in [3.05, 3.63) is 60.3 Å². The Bertz CT molecular complexity index is 854. The van der Waals surface area contributed by atoms with Crippen molar-refractivity contribution in [1.82, 2.24) is 4.98 Å². The minimum Gasteiger partial charge on any atom is -0.406 e. The number of nitrogens with one attached hydrogen (secondary N) is 2. The summed E-state index contributed by atoms with van der Waals surface area (Å²) in [5.41, 5.74) is 2.18. The van der Waals surface area contributed by atoms with Gasteiger partial charge in [-0.1, -0.05) is 18.2 Å². The number of anilines is 1. The first-order chi connectivity index (χ1) is 11.4. The Balaban J connectivity index is 1.64. The number of aromatic nitrogens is 1. The maximum absolute atomic E-state index is 12.1. The van der Waals surface area contributed by atoms with Crippen molar-refractivity contribution in [3.8, 4) is 5.75 Å². The zero-order valence-electron chi connectivity index (χ0n) is 12.4. The highest BCUT2D eigenvalue weighted by Gasteiger charge is 2.30. The molecular weight excluding hydrogens is 321 g/mol. The first-order valence-corrected chi connectivity index (χ1v) is 7.11. The van der Waals surface area contributed by atoms with E-state index in [9.17, 15) is 18.0 Å². The molecule has 0 atom stereocenters. The van der Waals surface area contributed by atoms with Gasteiger partial charge in [-0.25, -0.2) is 0 Å². The van der Waals surface area contributed by atoms with Gasteiger partial charge in [-0.3, -0.25) is 4.79 Å². The highest BCUT2D eigenvalue weighted by atomic mass is 19.4. The molecule has 7 heteroatoms. The molecule has 0 aliphatic carbocycles. The van der Waals surface area contributed by atoms with Crippen LogP contribution in [0.5, 0.6) is 5.75 Å². The number of rotatable bonds is 4. The van der Waals surface area contributed by atoms with E-state index >= 15 is 0 Å². The topological polar surface area (TPSA) is 54.1 Å². The largest absolute Gasteiger partial charge is 0.573 e. The van der Waals surface area contributed by atoms with Crippen molar-refractivity contribution >= 4 is 22.5 Å². The zero-order valence-corrected chi connectivity index (χ0v) is 12.4. The van der Waals surface area contributed by atoms with Gasteiger partial charge in [0.2, 0.25) is 5.91 Å². The second-order valence-corrected chi connectivity index (χ2v) is 5.16. The van der Waals surface area contributed by atoms with Crippen LogP contribution >= 0.6 is 0 Å². The van der Waals surface area contributed by atoms with Crippen LogP contribution < -0.4 is 10.1 Å². The number of carbonyl (C=O) groups excluding carboxylic acids is 1. The Morgan fingerprint density at radius 1 is 1.08 bits per heavy atom.